The molecule has 1 rings (SSSR count). The standard InChI is InChI=1S/C12H6Cl8O4/c13-9(14)11(17,18)23-7(21)5-3-1-2-4-6(5)8(22)24-12(19,20)10(15)16/h1-4,9-10H. The van der Waals surface area contributed by atoms with Crippen molar-refractivity contribution in [2.45, 2.75) is 18.7 Å². The minimum absolute atomic E-state index is 0.257. The van der Waals surface area contributed by atoms with Gasteiger partial charge in [-0.25, -0.2) is 9.59 Å². The van der Waals surface area contributed by atoms with E-state index in [-0.39, 0.29) is 11.1 Å². The fourth-order valence-electron chi connectivity index (χ4n) is 1.29. The highest BCUT2D eigenvalue weighted by molar-refractivity contribution is 6.60. The minimum Gasteiger partial charge on any atom is -0.422 e. The van der Waals surface area contributed by atoms with Gasteiger partial charge in [-0.1, -0.05) is 105 Å². The summed E-state index contributed by atoms with van der Waals surface area (Å²) < 4.78 is 5.03. The number of rotatable bonds is 6. The number of benzene rings is 1. The van der Waals surface area contributed by atoms with Crippen LogP contribution in [0.15, 0.2) is 24.3 Å². The molecule has 0 atom stereocenters. The van der Waals surface area contributed by atoms with Crippen molar-refractivity contribution < 1.29 is 19.1 Å². The Balaban J connectivity index is 3.08. The third-order valence-electron chi connectivity index (χ3n) is 2.33. The van der Waals surface area contributed by atoms with Gasteiger partial charge < -0.3 is 9.47 Å². The summed E-state index contributed by atoms with van der Waals surface area (Å²) in [6.45, 7) is 0. The first-order valence-electron chi connectivity index (χ1n) is 5.76. The van der Waals surface area contributed by atoms with E-state index in [1.807, 2.05) is 0 Å². The third-order valence-corrected chi connectivity index (χ3v) is 5.64. The number of ether oxygens (including phenoxy) is 2. The second-order valence-corrected chi connectivity index (χ2v) is 8.88. The Hall–Kier alpha value is 0.480. The van der Waals surface area contributed by atoms with Gasteiger partial charge in [0.05, 0.1) is 11.1 Å². The second kappa shape index (κ2) is 8.92. The predicted octanol–water partition coefficient (Wildman–Crippen LogP) is 5.87. The summed E-state index contributed by atoms with van der Waals surface area (Å²) in [7, 11) is 0. The highest BCUT2D eigenvalue weighted by Crippen LogP contribution is 2.36. The monoisotopic (exact) mass is 494 g/mol. The second-order valence-electron chi connectivity index (χ2n) is 4.05. The molecule has 0 spiro atoms. The van der Waals surface area contributed by atoms with E-state index in [2.05, 4.69) is 0 Å². The van der Waals surface area contributed by atoms with Gasteiger partial charge in [0.2, 0.25) is 0 Å². The number of hydrogen-bond acceptors (Lipinski definition) is 4. The van der Waals surface area contributed by atoms with Crippen LogP contribution >= 0.6 is 92.8 Å². The van der Waals surface area contributed by atoms with Gasteiger partial charge in [-0.05, 0) is 12.1 Å². The molecule has 0 fully saturated rings. The smallest absolute Gasteiger partial charge is 0.341 e. The van der Waals surface area contributed by atoms with E-state index in [9.17, 15) is 9.59 Å². The van der Waals surface area contributed by atoms with Crippen LogP contribution in [0, 0.1) is 0 Å². The molecule has 24 heavy (non-hydrogen) atoms. The summed E-state index contributed by atoms with van der Waals surface area (Å²) in [6, 6.07) is 5.36. The molecule has 0 heterocycles. The first-order chi connectivity index (χ1) is 10.9. The molecule has 0 aliphatic heterocycles. The van der Waals surface area contributed by atoms with E-state index >= 15 is 0 Å². The van der Waals surface area contributed by atoms with Crippen LogP contribution in [0.2, 0.25) is 0 Å². The van der Waals surface area contributed by atoms with Crippen LogP contribution in [0.5, 0.6) is 0 Å². The van der Waals surface area contributed by atoms with Gasteiger partial charge in [0.15, 0.2) is 9.67 Å². The highest BCUT2D eigenvalue weighted by atomic mass is 35.5. The average molecular weight is 498 g/mol. The molecule has 0 radical (unpaired) electrons. The van der Waals surface area contributed by atoms with E-state index in [0.717, 1.165) is 0 Å². The minimum atomic E-state index is -2.24. The summed E-state index contributed by atoms with van der Waals surface area (Å²) in [6.07, 6.45) is 0. The van der Waals surface area contributed by atoms with Crippen LogP contribution in [-0.4, -0.2) is 30.6 Å². The van der Waals surface area contributed by atoms with E-state index in [1.165, 1.54) is 24.3 Å². The van der Waals surface area contributed by atoms with Gasteiger partial charge in [0.25, 0.3) is 9.04 Å². The summed E-state index contributed by atoms with van der Waals surface area (Å²) >= 11 is 44.6. The third kappa shape index (κ3) is 6.03. The van der Waals surface area contributed by atoms with Crippen LogP contribution in [0.1, 0.15) is 20.7 Å². The maximum atomic E-state index is 12.2. The summed E-state index contributed by atoms with van der Waals surface area (Å²) in [5, 5.41) is 0. The largest absolute Gasteiger partial charge is 0.422 e. The Bertz CT molecular complexity index is 564. The van der Waals surface area contributed by atoms with Crippen molar-refractivity contribution in [1.29, 1.82) is 0 Å². The lowest BCUT2D eigenvalue weighted by Crippen LogP contribution is -2.32. The molecule has 1 aromatic rings. The number of esters is 2. The van der Waals surface area contributed by atoms with E-state index in [0.29, 0.717) is 0 Å². The van der Waals surface area contributed by atoms with Gasteiger partial charge >= 0.3 is 11.9 Å². The maximum Gasteiger partial charge on any atom is 0.341 e. The fraction of sp³-hybridized carbons (Fsp3) is 0.333. The Kier molecular flexibility index (Phi) is 8.37. The molecular formula is C12H6Cl8O4. The van der Waals surface area contributed by atoms with Crippen molar-refractivity contribution >= 4 is 105 Å². The zero-order valence-electron chi connectivity index (χ0n) is 11.1. The molecule has 0 aliphatic carbocycles. The summed E-state index contributed by atoms with van der Waals surface area (Å²) in [5.41, 5.74) is -0.515. The fourth-order valence-corrected chi connectivity index (χ4v) is 1.74. The Morgan fingerprint density at radius 2 is 1.04 bits per heavy atom. The number of halogens is 8. The van der Waals surface area contributed by atoms with E-state index < -0.39 is 30.6 Å². The Labute approximate surface area is 177 Å². The quantitative estimate of drug-likeness (QED) is 0.364. The number of alkyl halides is 8. The van der Waals surface area contributed by atoms with Crippen molar-refractivity contribution in [3.8, 4) is 0 Å². The molecule has 0 N–H and O–H groups in total. The lowest BCUT2D eigenvalue weighted by Gasteiger charge is -2.23. The molecule has 0 saturated heterocycles. The number of carbonyl (C=O) groups excluding carboxylic acids is 2. The lowest BCUT2D eigenvalue weighted by atomic mass is 10.1. The summed E-state index contributed by atoms with van der Waals surface area (Å²) in [4.78, 5) is 21.4. The zero-order chi connectivity index (χ0) is 18.7. The average Bonchev–Trinajstić information content (AvgIpc) is 2.45. The highest BCUT2D eigenvalue weighted by Gasteiger charge is 2.40. The van der Waals surface area contributed by atoms with Crippen LogP contribution in [0.3, 0.4) is 0 Å². The number of carbonyl (C=O) groups is 2. The SMILES string of the molecule is O=C(OC(Cl)(Cl)C(Cl)Cl)c1ccccc1C(=O)OC(Cl)(Cl)C(Cl)Cl. The van der Waals surface area contributed by atoms with Crippen molar-refractivity contribution in [2.75, 3.05) is 0 Å². The molecular weight excluding hydrogens is 492 g/mol. The van der Waals surface area contributed by atoms with Crippen LogP contribution in [0.4, 0.5) is 0 Å². The first kappa shape index (κ1) is 22.5. The van der Waals surface area contributed by atoms with Gasteiger partial charge in [-0.2, -0.15) is 0 Å². The van der Waals surface area contributed by atoms with Crippen LogP contribution in [0.25, 0.3) is 0 Å². The lowest BCUT2D eigenvalue weighted by molar-refractivity contribution is 0.0348. The predicted molar refractivity (Wildman–Crippen MR) is 97.1 cm³/mol. The molecule has 0 bridgehead atoms. The normalized spacial score (nSPS) is 12.4. The molecule has 4 nitrogen and oxygen atoms in total. The van der Waals surface area contributed by atoms with Crippen molar-refractivity contribution in [3.63, 3.8) is 0 Å². The van der Waals surface area contributed by atoms with Gasteiger partial charge in [0.1, 0.15) is 0 Å². The van der Waals surface area contributed by atoms with Crippen molar-refractivity contribution in [1.82, 2.24) is 0 Å². The molecule has 1 aromatic carbocycles. The van der Waals surface area contributed by atoms with Crippen LogP contribution < -0.4 is 0 Å². The van der Waals surface area contributed by atoms with Crippen molar-refractivity contribution in [3.05, 3.63) is 35.4 Å². The van der Waals surface area contributed by atoms with Crippen LogP contribution in [-0.2, 0) is 9.47 Å². The number of hydrogen-bond donors (Lipinski definition) is 0. The van der Waals surface area contributed by atoms with Gasteiger partial charge in [0, 0.05) is 0 Å². The molecule has 0 amide bonds. The van der Waals surface area contributed by atoms with E-state index in [4.69, 9.17) is 102 Å². The molecule has 0 saturated carbocycles. The van der Waals surface area contributed by atoms with Crippen molar-refractivity contribution in [2.24, 2.45) is 0 Å². The molecule has 134 valence electrons. The maximum absolute atomic E-state index is 12.2. The topological polar surface area (TPSA) is 52.6 Å². The summed E-state index contributed by atoms with van der Waals surface area (Å²) in [5.74, 6) is -2.19. The first-order valence-corrected chi connectivity index (χ1v) is 9.02. The molecule has 0 unspecified atom stereocenters. The van der Waals surface area contributed by atoms with E-state index in [1.54, 1.807) is 0 Å². The Morgan fingerprint density at radius 3 is 1.29 bits per heavy atom. The van der Waals surface area contributed by atoms with Gasteiger partial charge in [-0.3, -0.25) is 0 Å². The molecule has 0 aliphatic rings. The zero-order valence-corrected chi connectivity index (χ0v) is 17.2. The molecule has 12 heteroatoms. The van der Waals surface area contributed by atoms with Gasteiger partial charge in [-0.15, -0.1) is 0 Å². The Morgan fingerprint density at radius 1 is 0.750 bits per heavy atom. The molecule has 0 aromatic heterocycles.